The first kappa shape index (κ1) is 22.5. The zero-order chi connectivity index (χ0) is 21.6. The van der Waals surface area contributed by atoms with E-state index in [-0.39, 0.29) is 25.1 Å². The number of ether oxygens (including phenoxy) is 1. The lowest BCUT2D eigenvalue weighted by Gasteiger charge is -2.23. The number of amides is 1. The molecule has 0 aliphatic carbocycles. The van der Waals surface area contributed by atoms with Crippen molar-refractivity contribution in [2.45, 2.75) is 17.9 Å². The summed E-state index contributed by atoms with van der Waals surface area (Å²) >= 11 is 0. The number of sulfonamides is 1. The number of nitrogens with zero attached hydrogens (tertiary/aromatic N) is 2. The van der Waals surface area contributed by atoms with Gasteiger partial charge in [-0.05, 0) is 23.8 Å². The van der Waals surface area contributed by atoms with Crippen molar-refractivity contribution in [3.8, 4) is 0 Å². The number of methoxy groups -OCH3 is 1. The molecule has 29 heavy (non-hydrogen) atoms. The maximum absolute atomic E-state index is 14.1. The summed E-state index contributed by atoms with van der Waals surface area (Å²) in [6.45, 7) is 0.261. The van der Waals surface area contributed by atoms with Crippen molar-refractivity contribution in [2.24, 2.45) is 0 Å². The molecule has 7 nitrogen and oxygen atoms in total. The van der Waals surface area contributed by atoms with Gasteiger partial charge < -0.3 is 9.64 Å². The minimum Gasteiger partial charge on any atom is -0.469 e. The Morgan fingerprint density at radius 1 is 1.07 bits per heavy atom. The molecule has 0 N–H and O–H groups in total. The van der Waals surface area contributed by atoms with E-state index in [0.29, 0.717) is 0 Å². The molecule has 0 atom stereocenters. The fourth-order valence-corrected chi connectivity index (χ4v) is 3.58. The minimum atomic E-state index is -4.06. The van der Waals surface area contributed by atoms with Gasteiger partial charge in [-0.2, -0.15) is 0 Å². The van der Waals surface area contributed by atoms with Crippen molar-refractivity contribution in [3.05, 3.63) is 65.5 Å². The highest BCUT2D eigenvalue weighted by Gasteiger charge is 2.25. The lowest BCUT2D eigenvalue weighted by molar-refractivity contribution is -0.140. The number of esters is 1. The van der Waals surface area contributed by atoms with E-state index in [1.54, 1.807) is 0 Å². The van der Waals surface area contributed by atoms with Crippen LogP contribution < -0.4 is 0 Å². The van der Waals surface area contributed by atoms with Crippen molar-refractivity contribution < 1.29 is 27.1 Å². The highest BCUT2D eigenvalue weighted by Crippen LogP contribution is 2.21. The van der Waals surface area contributed by atoms with Crippen molar-refractivity contribution in [2.75, 3.05) is 27.7 Å². The van der Waals surface area contributed by atoms with Gasteiger partial charge >= 0.3 is 5.97 Å². The molecular formula is C20H23FN2O5S. The quantitative estimate of drug-likeness (QED) is 0.610. The second-order valence-electron chi connectivity index (χ2n) is 6.47. The molecule has 0 spiro atoms. The van der Waals surface area contributed by atoms with E-state index in [9.17, 15) is 22.4 Å². The van der Waals surface area contributed by atoms with Crippen LogP contribution in [0.1, 0.15) is 22.3 Å². The molecule has 0 aliphatic heterocycles. The van der Waals surface area contributed by atoms with Gasteiger partial charge in [0.1, 0.15) is 10.7 Å². The molecule has 0 heterocycles. The first-order valence-corrected chi connectivity index (χ1v) is 10.2. The molecule has 9 heteroatoms. The Balaban J connectivity index is 2.38. The maximum atomic E-state index is 14.1. The number of hydrogen-bond acceptors (Lipinski definition) is 5. The van der Waals surface area contributed by atoms with Gasteiger partial charge in [-0.25, -0.2) is 17.1 Å². The molecule has 0 saturated carbocycles. The first-order chi connectivity index (χ1) is 13.7. The standard InChI is InChI=1S/C20H23FN2O5S/c1-22(2)29(26,27)18-13-16(9-10-17(18)21)20(25)23(12-11-19(24)28-3)14-15-7-5-4-6-8-15/h4-10,13H,11-12,14H2,1-3H3. The predicted molar refractivity (Wildman–Crippen MR) is 105 cm³/mol. The van der Waals surface area contributed by atoms with Crippen LogP contribution >= 0.6 is 0 Å². The van der Waals surface area contributed by atoms with E-state index in [2.05, 4.69) is 4.74 Å². The SMILES string of the molecule is COC(=O)CCN(Cc1ccccc1)C(=O)c1ccc(F)c(S(=O)(=O)N(C)C)c1. The molecule has 0 unspecified atom stereocenters. The average Bonchev–Trinajstić information content (AvgIpc) is 2.71. The molecule has 156 valence electrons. The summed E-state index contributed by atoms with van der Waals surface area (Å²) in [5, 5.41) is 0. The van der Waals surface area contributed by atoms with Gasteiger partial charge in [0.15, 0.2) is 0 Å². The van der Waals surface area contributed by atoms with E-state index in [4.69, 9.17) is 0 Å². The molecule has 0 aliphatic rings. The Labute approximate surface area is 169 Å². The van der Waals surface area contributed by atoms with Crippen molar-refractivity contribution in [3.63, 3.8) is 0 Å². The smallest absolute Gasteiger partial charge is 0.307 e. The summed E-state index contributed by atoms with van der Waals surface area (Å²) in [6, 6.07) is 12.3. The van der Waals surface area contributed by atoms with E-state index >= 15 is 0 Å². The number of carbonyl (C=O) groups excluding carboxylic acids is 2. The fraction of sp³-hybridized carbons (Fsp3) is 0.300. The van der Waals surface area contributed by atoms with Crippen LogP contribution in [0.15, 0.2) is 53.4 Å². The molecule has 0 radical (unpaired) electrons. The maximum Gasteiger partial charge on any atom is 0.307 e. The third-order valence-corrected chi connectivity index (χ3v) is 6.08. The second kappa shape index (κ2) is 9.62. The second-order valence-corrected chi connectivity index (χ2v) is 8.59. The zero-order valence-electron chi connectivity index (χ0n) is 16.5. The predicted octanol–water partition coefficient (Wildman–Crippen LogP) is 2.28. The van der Waals surface area contributed by atoms with Crippen LogP contribution in [0.4, 0.5) is 4.39 Å². The molecular weight excluding hydrogens is 399 g/mol. The van der Waals surface area contributed by atoms with Crippen LogP contribution in [-0.4, -0.2) is 57.2 Å². The number of rotatable bonds is 8. The Morgan fingerprint density at radius 2 is 1.72 bits per heavy atom. The van der Waals surface area contributed by atoms with Crippen molar-refractivity contribution in [1.29, 1.82) is 0 Å². The van der Waals surface area contributed by atoms with E-state index in [1.165, 1.54) is 32.2 Å². The lowest BCUT2D eigenvalue weighted by atomic mass is 10.1. The molecule has 0 aromatic heterocycles. The summed E-state index contributed by atoms with van der Waals surface area (Å²) in [5.41, 5.74) is 0.835. The molecule has 1 amide bonds. The molecule has 2 aromatic rings. The largest absolute Gasteiger partial charge is 0.469 e. The number of benzene rings is 2. The Morgan fingerprint density at radius 3 is 2.31 bits per heavy atom. The molecule has 0 bridgehead atoms. The fourth-order valence-electron chi connectivity index (χ4n) is 2.60. The van der Waals surface area contributed by atoms with Gasteiger partial charge in [0, 0.05) is 32.7 Å². The van der Waals surface area contributed by atoms with Crippen molar-refractivity contribution >= 4 is 21.9 Å². The van der Waals surface area contributed by atoms with Gasteiger partial charge in [0.05, 0.1) is 13.5 Å². The van der Waals surface area contributed by atoms with E-state index < -0.39 is 32.6 Å². The van der Waals surface area contributed by atoms with Gasteiger partial charge in [-0.15, -0.1) is 0 Å². The summed E-state index contributed by atoms with van der Waals surface area (Å²) in [7, 11) is -0.252. The van der Waals surface area contributed by atoms with Crippen LogP contribution in [0.5, 0.6) is 0 Å². The average molecular weight is 422 g/mol. The lowest BCUT2D eigenvalue weighted by Crippen LogP contribution is -2.33. The normalized spacial score (nSPS) is 11.3. The van der Waals surface area contributed by atoms with Gasteiger partial charge in [-0.1, -0.05) is 30.3 Å². The topological polar surface area (TPSA) is 84.0 Å². The summed E-state index contributed by atoms with van der Waals surface area (Å²) in [4.78, 5) is 25.4. The van der Waals surface area contributed by atoms with Crippen LogP contribution in [0.25, 0.3) is 0 Å². The Hall–Kier alpha value is -2.78. The molecule has 2 aromatic carbocycles. The third kappa shape index (κ3) is 5.61. The Kier molecular flexibility index (Phi) is 7.46. The molecule has 0 saturated heterocycles. The zero-order valence-corrected chi connectivity index (χ0v) is 17.3. The van der Waals surface area contributed by atoms with E-state index in [1.807, 2.05) is 30.3 Å². The summed E-state index contributed by atoms with van der Waals surface area (Å²) < 4.78 is 44.3. The number of hydrogen-bond donors (Lipinski definition) is 0. The third-order valence-electron chi connectivity index (χ3n) is 4.25. The summed E-state index contributed by atoms with van der Waals surface area (Å²) in [5.74, 6) is -1.95. The van der Waals surface area contributed by atoms with Crippen molar-refractivity contribution in [1.82, 2.24) is 9.21 Å². The first-order valence-electron chi connectivity index (χ1n) is 8.79. The highest BCUT2D eigenvalue weighted by atomic mass is 32.2. The number of halogens is 1. The molecule has 2 rings (SSSR count). The van der Waals surface area contributed by atoms with Crippen LogP contribution in [-0.2, 0) is 26.1 Å². The van der Waals surface area contributed by atoms with Gasteiger partial charge in [-0.3, -0.25) is 9.59 Å². The number of carbonyl (C=O) groups is 2. The monoisotopic (exact) mass is 422 g/mol. The Bertz CT molecular complexity index is 978. The van der Waals surface area contributed by atoms with Crippen LogP contribution in [0.2, 0.25) is 0 Å². The van der Waals surface area contributed by atoms with Crippen LogP contribution in [0.3, 0.4) is 0 Å². The highest BCUT2D eigenvalue weighted by molar-refractivity contribution is 7.89. The van der Waals surface area contributed by atoms with Gasteiger partial charge in [0.2, 0.25) is 10.0 Å². The minimum absolute atomic E-state index is 0.00706. The van der Waals surface area contributed by atoms with Gasteiger partial charge in [0.25, 0.3) is 5.91 Å². The van der Waals surface area contributed by atoms with Crippen LogP contribution in [0, 0.1) is 5.82 Å². The molecule has 0 fully saturated rings. The van der Waals surface area contributed by atoms with E-state index in [0.717, 1.165) is 22.0 Å². The summed E-state index contributed by atoms with van der Waals surface area (Å²) in [6.07, 6.45) is -0.0286.